The number of nitrogens with zero attached hydrogens (tertiary/aromatic N) is 2. The van der Waals surface area contributed by atoms with Crippen molar-refractivity contribution in [3.63, 3.8) is 0 Å². The lowest BCUT2D eigenvalue weighted by Crippen LogP contribution is -2.51. The van der Waals surface area contributed by atoms with E-state index in [9.17, 15) is 0 Å². The van der Waals surface area contributed by atoms with E-state index in [0.29, 0.717) is 16.9 Å². The quantitative estimate of drug-likeness (QED) is 0.295. The molecule has 4 aliphatic carbocycles. The number of fused-ring (bicyclic) bond motifs is 5. The summed E-state index contributed by atoms with van der Waals surface area (Å²) >= 11 is 0. The fourth-order valence-electron chi connectivity index (χ4n) is 10.2. The molecule has 0 radical (unpaired) electrons. The highest BCUT2D eigenvalue weighted by atomic mass is 16.5. The first-order valence-electron chi connectivity index (χ1n) is 16.4. The monoisotopic (exact) mass is 512 g/mol. The Balaban J connectivity index is 1.17. The van der Waals surface area contributed by atoms with Gasteiger partial charge in [0.05, 0.1) is 12.7 Å². The van der Waals surface area contributed by atoms with Crippen LogP contribution in [0.2, 0.25) is 0 Å². The molecule has 3 saturated carbocycles. The van der Waals surface area contributed by atoms with Gasteiger partial charge in [0, 0.05) is 32.7 Å². The lowest BCUT2D eigenvalue weighted by molar-refractivity contribution is -0.0652. The molecular formula is C34H60N2O. The van der Waals surface area contributed by atoms with Crippen molar-refractivity contribution >= 4 is 0 Å². The van der Waals surface area contributed by atoms with Crippen LogP contribution < -0.4 is 0 Å². The second-order valence-electron chi connectivity index (χ2n) is 15.2. The predicted molar refractivity (Wildman–Crippen MR) is 157 cm³/mol. The zero-order valence-electron chi connectivity index (χ0n) is 25.4. The van der Waals surface area contributed by atoms with E-state index in [1.54, 1.807) is 5.57 Å². The van der Waals surface area contributed by atoms with Gasteiger partial charge in [-0.2, -0.15) is 0 Å². The first-order chi connectivity index (χ1) is 17.7. The minimum Gasteiger partial charge on any atom is -0.377 e. The summed E-state index contributed by atoms with van der Waals surface area (Å²) in [4.78, 5) is 5.03. The van der Waals surface area contributed by atoms with Crippen LogP contribution in [0.1, 0.15) is 105 Å². The van der Waals surface area contributed by atoms with Crippen LogP contribution in [0.5, 0.6) is 0 Å². The Bertz CT molecular complexity index is 785. The lowest BCUT2D eigenvalue weighted by Gasteiger charge is -2.58. The molecule has 0 unspecified atom stereocenters. The summed E-state index contributed by atoms with van der Waals surface area (Å²) in [5.41, 5.74) is 2.83. The molecule has 0 bridgehead atoms. The Morgan fingerprint density at radius 2 is 1.73 bits per heavy atom. The molecule has 0 amide bonds. The number of rotatable bonds is 9. The highest BCUT2D eigenvalue weighted by Gasteiger charge is 2.59. The molecule has 0 spiro atoms. The van der Waals surface area contributed by atoms with E-state index in [4.69, 9.17) is 4.74 Å². The highest BCUT2D eigenvalue weighted by molar-refractivity contribution is 5.25. The number of piperazine rings is 1. The third-order valence-corrected chi connectivity index (χ3v) is 12.6. The molecule has 5 rings (SSSR count). The highest BCUT2D eigenvalue weighted by Crippen LogP contribution is 2.67. The van der Waals surface area contributed by atoms with Crippen LogP contribution in [0.25, 0.3) is 0 Å². The molecule has 1 aliphatic heterocycles. The maximum Gasteiger partial charge on any atom is 0.0613 e. The lowest BCUT2D eigenvalue weighted by atomic mass is 9.47. The summed E-state index contributed by atoms with van der Waals surface area (Å²) in [6.45, 7) is 19.6. The van der Waals surface area contributed by atoms with Gasteiger partial charge >= 0.3 is 0 Å². The summed E-state index contributed by atoms with van der Waals surface area (Å²) in [5.74, 6) is 5.57. The Morgan fingerprint density at radius 1 is 0.946 bits per heavy atom. The van der Waals surface area contributed by atoms with Gasteiger partial charge in [-0.3, -0.25) is 4.90 Å². The first kappa shape index (κ1) is 28.2. The molecule has 0 N–H and O–H groups in total. The molecule has 212 valence electrons. The van der Waals surface area contributed by atoms with Crippen LogP contribution in [0.3, 0.4) is 0 Å². The Hall–Kier alpha value is -0.380. The molecule has 1 heterocycles. The SMILES string of the molecule is CC(C)CCC[C@@H](C)[C@H]1CC[C@H]2[C@@H]3CC=C4C[C@@H](OCCN5CCN(C)CC5)CC[C@]4(C)[C@H]3CC[C@]12C. The summed E-state index contributed by atoms with van der Waals surface area (Å²) in [5, 5.41) is 0. The zero-order valence-corrected chi connectivity index (χ0v) is 25.4. The van der Waals surface area contributed by atoms with Crippen molar-refractivity contribution in [2.45, 2.75) is 111 Å². The number of allylic oxidation sites excluding steroid dienone is 1. The zero-order chi connectivity index (χ0) is 26.2. The van der Waals surface area contributed by atoms with Gasteiger partial charge in [0.1, 0.15) is 0 Å². The molecule has 0 aromatic rings. The van der Waals surface area contributed by atoms with E-state index in [0.717, 1.165) is 48.7 Å². The van der Waals surface area contributed by atoms with Crippen LogP contribution in [0.4, 0.5) is 0 Å². The molecule has 0 aromatic heterocycles. The van der Waals surface area contributed by atoms with Crippen molar-refractivity contribution in [1.82, 2.24) is 9.80 Å². The van der Waals surface area contributed by atoms with Gasteiger partial charge in [0.25, 0.3) is 0 Å². The summed E-state index contributed by atoms with van der Waals surface area (Å²) < 4.78 is 6.52. The van der Waals surface area contributed by atoms with E-state index in [-0.39, 0.29) is 0 Å². The maximum absolute atomic E-state index is 6.52. The molecule has 8 atom stereocenters. The van der Waals surface area contributed by atoms with Crippen molar-refractivity contribution < 1.29 is 4.74 Å². The minimum absolute atomic E-state index is 0.447. The van der Waals surface area contributed by atoms with Gasteiger partial charge in [-0.15, -0.1) is 0 Å². The third-order valence-electron chi connectivity index (χ3n) is 12.6. The van der Waals surface area contributed by atoms with Gasteiger partial charge in [-0.1, -0.05) is 65.5 Å². The Morgan fingerprint density at radius 3 is 2.49 bits per heavy atom. The number of hydrogen-bond donors (Lipinski definition) is 0. The van der Waals surface area contributed by atoms with E-state index < -0.39 is 0 Å². The molecule has 5 aliphatic rings. The van der Waals surface area contributed by atoms with Crippen LogP contribution >= 0.6 is 0 Å². The van der Waals surface area contributed by atoms with Gasteiger partial charge < -0.3 is 9.64 Å². The third kappa shape index (κ3) is 5.76. The van der Waals surface area contributed by atoms with Crippen molar-refractivity contribution in [2.75, 3.05) is 46.4 Å². The molecule has 37 heavy (non-hydrogen) atoms. The number of hydrogen-bond acceptors (Lipinski definition) is 3. The van der Waals surface area contributed by atoms with Crippen molar-refractivity contribution in [3.8, 4) is 0 Å². The average Bonchev–Trinajstić information content (AvgIpc) is 3.22. The Labute approximate surface area is 230 Å². The Kier molecular flexibility index (Phi) is 8.84. The smallest absolute Gasteiger partial charge is 0.0613 e. The van der Waals surface area contributed by atoms with Crippen LogP contribution in [0.15, 0.2) is 11.6 Å². The summed E-state index contributed by atoms with van der Waals surface area (Å²) in [6, 6.07) is 0. The van der Waals surface area contributed by atoms with Gasteiger partial charge in [-0.05, 0) is 105 Å². The van der Waals surface area contributed by atoms with Crippen molar-refractivity contribution in [3.05, 3.63) is 11.6 Å². The number of ether oxygens (including phenoxy) is 1. The van der Waals surface area contributed by atoms with Gasteiger partial charge in [0.2, 0.25) is 0 Å². The second kappa shape index (κ2) is 11.6. The average molecular weight is 513 g/mol. The maximum atomic E-state index is 6.52. The standard InChI is InChI=1S/C34H60N2O/c1-25(2)8-7-9-26(3)30-12-13-31-29-11-10-27-24-28(37-23-22-36-20-18-35(6)19-21-36)14-16-33(27,4)32(29)15-17-34(30,31)5/h10,25-26,28-32H,7-9,11-24H2,1-6H3/t26-,28+,29+,30-,31+,32+,33+,34-/m1/s1. The second-order valence-corrected chi connectivity index (χ2v) is 15.2. The topological polar surface area (TPSA) is 15.7 Å². The fourth-order valence-corrected chi connectivity index (χ4v) is 10.2. The van der Waals surface area contributed by atoms with E-state index in [2.05, 4.69) is 57.5 Å². The predicted octanol–water partition coefficient (Wildman–Crippen LogP) is 7.66. The van der Waals surface area contributed by atoms with Crippen molar-refractivity contribution in [2.24, 2.45) is 46.3 Å². The van der Waals surface area contributed by atoms with E-state index in [1.807, 2.05) is 0 Å². The van der Waals surface area contributed by atoms with Crippen LogP contribution in [-0.2, 0) is 4.74 Å². The summed E-state index contributed by atoms with van der Waals surface area (Å²) in [7, 11) is 2.24. The van der Waals surface area contributed by atoms with E-state index >= 15 is 0 Å². The van der Waals surface area contributed by atoms with Crippen LogP contribution in [-0.4, -0.2) is 62.3 Å². The van der Waals surface area contributed by atoms with Gasteiger partial charge in [0.15, 0.2) is 0 Å². The normalized spacial score (nSPS) is 41.7. The molecule has 3 heteroatoms. The number of likely N-dealkylation sites (N-methyl/N-ethyl adjacent to an activating group) is 1. The molecular weight excluding hydrogens is 452 g/mol. The van der Waals surface area contributed by atoms with Gasteiger partial charge in [-0.25, -0.2) is 0 Å². The van der Waals surface area contributed by atoms with E-state index in [1.165, 1.54) is 96.8 Å². The largest absolute Gasteiger partial charge is 0.377 e. The fraction of sp³-hybridized carbons (Fsp3) is 0.941. The molecule has 0 aromatic carbocycles. The minimum atomic E-state index is 0.447. The van der Waals surface area contributed by atoms with Crippen LogP contribution in [0, 0.1) is 46.3 Å². The molecule has 1 saturated heterocycles. The molecule has 4 fully saturated rings. The first-order valence-corrected chi connectivity index (χ1v) is 16.4. The summed E-state index contributed by atoms with van der Waals surface area (Å²) in [6.07, 6.45) is 18.7. The van der Waals surface area contributed by atoms with Crippen molar-refractivity contribution in [1.29, 1.82) is 0 Å². The molecule has 3 nitrogen and oxygen atoms in total.